The Hall–Kier alpha value is -2.19. The smallest absolute Gasteiger partial charge is 0.251 e. The molecule has 0 fully saturated rings. The molecule has 1 aromatic carbocycles. The first-order valence-electron chi connectivity index (χ1n) is 6.60. The van der Waals surface area contributed by atoms with E-state index in [9.17, 15) is 18.0 Å². The van der Waals surface area contributed by atoms with Gasteiger partial charge in [-0.2, -0.15) is 0 Å². The van der Waals surface area contributed by atoms with Gasteiger partial charge in [0, 0.05) is 32.1 Å². The van der Waals surface area contributed by atoms with Crippen molar-refractivity contribution >= 4 is 21.8 Å². The van der Waals surface area contributed by atoms with Gasteiger partial charge in [0.1, 0.15) is 0 Å². The van der Waals surface area contributed by atoms with Gasteiger partial charge in [0.15, 0.2) is 0 Å². The zero-order valence-corrected chi connectivity index (χ0v) is 13.1. The molecule has 0 saturated heterocycles. The van der Waals surface area contributed by atoms with Gasteiger partial charge in [0.2, 0.25) is 15.9 Å². The van der Waals surface area contributed by atoms with Crippen molar-refractivity contribution in [3.8, 4) is 0 Å². The van der Waals surface area contributed by atoms with Crippen LogP contribution < -0.4 is 15.4 Å². The standard InChI is InChI=1S/C14H19N3O4S/c1-3-8-17-22(20,21)13-6-4-12(5-7-13)14(19)16-10-9-15-11(2)18/h3-7,17H,1,8-10H2,2H3,(H,15,18)(H,16,19). The average molecular weight is 325 g/mol. The Morgan fingerprint density at radius 2 is 1.73 bits per heavy atom. The molecule has 0 aliphatic carbocycles. The van der Waals surface area contributed by atoms with E-state index < -0.39 is 10.0 Å². The van der Waals surface area contributed by atoms with E-state index in [0.717, 1.165) is 0 Å². The molecule has 0 unspecified atom stereocenters. The van der Waals surface area contributed by atoms with E-state index in [1.165, 1.54) is 37.3 Å². The highest BCUT2D eigenvalue weighted by molar-refractivity contribution is 7.89. The molecule has 1 aromatic rings. The van der Waals surface area contributed by atoms with Gasteiger partial charge < -0.3 is 10.6 Å². The van der Waals surface area contributed by atoms with Gasteiger partial charge in [-0.25, -0.2) is 13.1 Å². The lowest BCUT2D eigenvalue weighted by molar-refractivity contribution is -0.118. The third kappa shape index (κ3) is 5.66. The van der Waals surface area contributed by atoms with Gasteiger partial charge in [-0.05, 0) is 24.3 Å². The molecule has 0 aliphatic rings. The summed E-state index contributed by atoms with van der Waals surface area (Å²) in [4.78, 5) is 22.6. The van der Waals surface area contributed by atoms with E-state index in [-0.39, 0.29) is 23.3 Å². The lowest BCUT2D eigenvalue weighted by Gasteiger charge is -2.07. The topological polar surface area (TPSA) is 104 Å². The molecule has 0 saturated carbocycles. The Bertz CT molecular complexity index is 639. The maximum atomic E-state index is 11.8. The number of rotatable bonds is 8. The summed E-state index contributed by atoms with van der Waals surface area (Å²) >= 11 is 0. The van der Waals surface area contributed by atoms with Crippen molar-refractivity contribution in [2.45, 2.75) is 11.8 Å². The normalized spacial score (nSPS) is 10.8. The van der Waals surface area contributed by atoms with Crippen LogP contribution in [0.3, 0.4) is 0 Å². The number of hydrogen-bond donors (Lipinski definition) is 3. The van der Waals surface area contributed by atoms with Crippen molar-refractivity contribution in [2.75, 3.05) is 19.6 Å². The predicted molar refractivity (Wildman–Crippen MR) is 82.8 cm³/mol. The monoisotopic (exact) mass is 325 g/mol. The number of sulfonamides is 1. The molecule has 3 N–H and O–H groups in total. The van der Waals surface area contributed by atoms with Crippen LogP contribution in [0, 0.1) is 0 Å². The fourth-order valence-corrected chi connectivity index (χ4v) is 2.55. The van der Waals surface area contributed by atoms with Gasteiger partial charge >= 0.3 is 0 Å². The first kappa shape index (κ1) is 17.9. The summed E-state index contributed by atoms with van der Waals surface area (Å²) in [6.07, 6.45) is 1.44. The summed E-state index contributed by atoms with van der Waals surface area (Å²) in [5, 5.41) is 5.17. The molecule has 0 atom stereocenters. The second-order valence-electron chi connectivity index (χ2n) is 4.40. The third-order valence-corrected chi connectivity index (χ3v) is 4.07. The number of amides is 2. The van der Waals surface area contributed by atoms with Crippen LogP contribution in [0.5, 0.6) is 0 Å². The molecular weight excluding hydrogens is 306 g/mol. The first-order valence-corrected chi connectivity index (χ1v) is 8.08. The van der Waals surface area contributed by atoms with Crippen LogP contribution in [0.25, 0.3) is 0 Å². The van der Waals surface area contributed by atoms with Crippen molar-refractivity contribution in [2.24, 2.45) is 0 Å². The summed E-state index contributed by atoms with van der Waals surface area (Å²) in [5.41, 5.74) is 0.338. The minimum Gasteiger partial charge on any atom is -0.355 e. The lowest BCUT2D eigenvalue weighted by atomic mass is 10.2. The third-order valence-electron chi connectivity index (χ3n) is 2.63. The molecule has 8 heteroatoms. The molecule has 1 rings (SSSR count). The summed E-state index contributed by atoms with van der Waals surface area (Å²) in [7, 11) is -3.60. The summed E-state index contributed by atoms with van der Waals surface area (Å²) in [6.45, 7) is 5.58. The highest BCUT2D eigenvalue weighted by atomic mass is 32.2. The van der Waals surface area contributed by atoms with Crippen molar-refractivity contribution in [1.29, 1.82) is 0 Å². The van der Waals surface area contributed by atoms with Gasteiger partial charge in [0.05, 0.1) is 4.90 Å². The number of carbonyl (C=O) groups is 2. The molecule has 0 heterocycles. The molecule has 7 nitrogen and oxygen atoms in total. The lowest BCUT2D eigenvalue weighted by Crippen LogP contribution is -2.33. The van der Waals surface area contributed by atoms with E-state index in [2.05, 4.69) is 21.9 Å². The van der Waals surface area contributed by atoms with Crippen LogP contribution in [-0.4, -0.2) is 39.9 Å². The zero-order chi connectivity index (χ0) is 16.6. The number of carbonyl (C=O) groups excluding carboxylic acids is 2. The van der Waals surface area contributed by atoms with E-state index in [1.54, 1.807) is 0 Å². The zero-order valence-electron chi connectivity index (χ0n) is 12.3. The summed E-state index contributed by atoms with van der Waals surface area (Å²) < 4.78 is 26.0. The van der Waals surface area contributed by atoms with Crippen molar-refractivity contribution in [1.82, 2.24) is 15.4 Å². The van der Waals surface area contributed by atoms with Crippen molar-refractivity contribution < 1.29 is 18.0 Å². The Morgan fingerprint density at radius 1 is 1.14 bits per heavy atom. The van der Waals surface area contributed by atoms with Crippen LogP contribution in [0.4, 0.5) is 0 Å². The molecule has 0 spiro atoms. The largest absolute Gasteiger partial charge is 0.355 e. The Balaban J connectivity index is 2.62. The van der Waals surface area contributed by atoms with Crippen LogP contribution in [0.1, 0.15) is 17.3 Å². The molecule has 22 heavy (non-hydrogen) atoms. The Kier molecular flexibility index (Phi) is 6.74. The van der Waals surface area contributed by atoms with Gasteiger partial charge in [0.25, 0.3) is 5.91 Å². The van der Waals surface area contributed by atoms with E-state index in [0.29, 0.717) is 18.7 Å². The number of hydrogen-bond acceptors (Lipinski definition) is 4. The van der Waals surface area contributed by atoms with Crippen molar-refractivity contribution in [3.63, 3.8) is 0 Å². The van der Waals surface area contributed by atoms with Gasteiger partial charge in [-0.3, -0.25) is 9.59 Å². The summed E-state index contributed by atoms with van der Waals surface area (Å²) in [5.74, 6) is -0.510. The SMILES string of the molecule is C=CCNS(=O)(=O)c1ccc(C(=O)NCCNC(C)=O)cc1. The highest BCUT2D eigenvalue weighted by Crippen LogP contribution is 2.10. The number of benzene rings is 1. The quantitative estimate of drug-likeness (QED) is 0.463. The minimum atomic E-state index is -3.60. The number of nitrogens with one attached hydrogen (secondary N) is 3. The maximum absolute atomic E-state index is 11.8. The molecule has 2 amide bonds. The minimum absolute atomic E-state index is 0.0733. The van der Waals surface area contributed by atoms with Crippen molar-refractivity contribution in [3.05, 3.63) is 42.5 Å². The molecule has 0 bridgehead atoms. The molecule has 0 aliphatic heterocycles. The fraction of sp³-hybridized carbons (Fsp3) is 0.286. The van der Waals surface area contributed by atoms with Crippen LogP contribution in [0.2, 0.25) is 0 Å². The Morgan fingerprint density at radius 3 is 2.27 bits per heavy atom. The molecule has 120 valence electrons. The Labute approximate surface area is 129 Å². The van der Waals surface area contributed by atoms with Crippen LogP contribution in [-0.2, 0) is 14.8 Å². The molecule has 0 radical (unpaired) electrons. The predicted octanol–water partition coefficient (Wildman–Crippen LogP) is 0.0168. The molecule has 0 aromatic heterocycles. The van der Waals surface area contributed by atoms with E-state index in [4.69, 9.17) is 0 Å². The van der Waals surface area contributed by atoms with Crippen LogP contribution in [0.15, 0.2) is 41.8 Å². The van der Waals surface area contributed by atoms with E-state index >= 15 is 0 Å². The second kappa shape index (κ2) is 8.30. The molecular formula is C14H19N3O4S. The highest BCUT2D eigenvalue weighted by Gasteiger charge is 2.13. The summed E-state index contributed by atoms with van der Waals surface area (Å²) in [6, 6.07) is 5.56. The fourth-order valence-electron chi connectivity index (χ4n) is 1.55. The maximum Gasteiger partial charge on any atom is 0.251 e. The van der Waals surface area contributed by atoms with Crippen LogP contribution >= 0.6 is 0 Å². The average Bonchev–Trinajstić information content (AvgIpc) is 2.49. The van der Waals surface area contributed by atoms with Gasteiger partial charge in [-0.15, -0.1) is 6.58 Å². The first-order chi connectivity index (χ1) is 10.4. The van der Waals surface area contributed by atoms with E-state index in [1.807, 2.05) is 0 Å². The second-order valence-corrected chi connectivity index (χ2v) is 6.17. The van der Waals surface area contributed by atoms with Gasteiger partial charge in [-0.1, -0.05) is 6.08 Å².